The Morgan fingerprint density at radius 1 is 1.08 bits per heavy atom. The molecule has 16 heteroatoms. The molecule has 0 saturated carbocycles. The number of fused-ring (bicyclic) bond motifs is 1. The molecule has 3 fully saturated rings. The number of nitrogens with zero attached hydrogens (tertiary/aromatic N) is 1. The number of thioether (sulfide) groups is 1. The molecule has 3 rings (SSSR count). The van der Waals surface area contributed by atoms with Gasteiger partial charge in [-0.2, -0.15) is 11.8 Å². The first-order chi connectivity index (χ1) is 16.6. The SMILES string of the molecule is O=C(CCCC[C@@H]1SC[C@@H]2NC(=O)N[C@@H]21)NCCCCCC(=O)ON1C(=O)CC(S(=O)(=O)[O-])C1=O.[Na+]. The molecule has 3 saturated heterocycles. The summed E-state index contributed by atoms with van der Waals surface area (Å²) in [5.41, 5.74) is 0. The minimum atomic E-state index is -5.01. The zero-order valence-corrected chi connectivity index (χ0v) is 23.7. The van der Waals surface area contributed by atoms with Gasteiger partial charge in [-0.3, -0.25) is 14.4 Å². The number of hydroxylamine groups is 2. The van der Waals surface area contributed by atoms with E-state index < -0.39 is 39.6 Å². The zero-order chi connectivity index (χ0) is 25.6. The Balaban J connectivity index is 0.00000456. The molecule has 0 spiro atoms. The first-order valence-electron chi connectivity index (χ1n) is 11.5. The second-order valence-electron chi connectivity index (χ2n) is 8.70. The Labute approximate surface area is 235 Å². The maximum absolute atomic E-state index is 12.0. The molecule has 1 unspecified atom stereocenters. The molecule has 0 bridgehead atoms. The van der Waals surface area contributed by atoms with Gasteiger partial charge in [0.15, 0.2) is 0 Å². The van der Waals surface area contributed by atoms with E-state index in [1.54, 1.807) is 0 Å². The van der Waals surface area contributed by atoms with E-state index in [0.29, 0.717) is 37.5 Å². The number of hydrogen-bond acceptors (Lipinski definition) is 10. The Kier molecular flexibility index (Phi) is 12.0. The van der Waals surface area contributed by atoms with Crippen LogP contribution < -0.4 is 45.5 Å². The van der Waals surface area contributed by atoms with Gasteiger partial charge in [0.05, 0.1) is 18.5 Å². The van der Waals surface area contributed by atoms with E-state index in [4.69, 9.17) is 0 Å². The van der Waals surface area contributed by atoms with Gasteiger partial charge in [-0.05, 0) is 25.7 Å². The number of unbranched alkanes of at least 4 members (excludes halogenated alkanes) is 3. The number of imide groups is 1. The fourth-order valence-corrected chi connectivity index (χ4v) is 6.45. The summed E-state index contributed by atoms with van der Waals surface area (Å²) in [4.78, 5) is 63.2. The van der Waals surface area contributed by atoms with E-state index in [9.17, 15) is 36.9 Å². The summed E-state index contributed by atoms with van der Waals surface area (Å²) in [6.45, 7) is 0.444. The summed E-state index contributed by atoms with van der Waals surface area (Å²) in [5.74, 6) is -2.43. The van der Waals surface area contributed by atoms with E-state index in [2.05, 4.69) is 20.8 Å². The fourth-order valence-electron chi connectivity index (χ4n) is 4.21. The van der Waals surface area contributed by atoms with Gasteiger partial charge in [-0.1, -0.05) is 12.8 Å². The zero-order valence-electron chi connectivity index (χ0n) is 20.0. The van der Waals surface area contributed by atoms with Crippen LogP contribution in [0.2, 0.25) is 0 Å². The second kappa shape index (κ2) is 14.0. The summed E-state index contributed by atoms with van der Waals surface area (Å²) in [6, 6.07) is 0.258. The molecule has 0 aromatic rings. The van der Waals surface area contributed by atoms with Crippen LogP contribution >= 0.6 is 11.8 Å². The van der Waals surface area contributed by atoms with Crippen molar-refractivity contribution in [2.45, 2.75) is 80.4 Å². The van der Waals surface area contributed by atoms with Crippen molar-refractivity contribution in [3.63, 3.8) is 0 Å². The smallest absolute Gasteiger partial charge is 0.747 e. The first-order valence-corrected chi connectivity index (χ1v) is 14.1. The van der Waals surface area contributed by atoms with E-state index in [-0.39, 0.29) is 65.1 Å². The Morgan fingerprint density at radius 3 is 2.50 bits per heavy atom. The maximum atomic E-state index is 12.0. The van der Waals surface area contributed by atoms with Crippen LogP contribution in [-0.4, -0.2) is 82.6 Å². The van der Waals surface area contributed by atoms with Crippen LogP contribution in [0.5, 0.6) is 0 Å². The summed E-state index contributed by atoms with van der Waals surface area (Å²) in [7, 11) is -5.01. The normalized spacial score (nSPS) is 25.1. The number of amides is 5. The largest absolute Gasteiger partial charge is 1.00 e. The minimum absolute atomic E-state index is 0. The van der Waals surface area contributed by atoms with Crippen molar-refractivity contribution in [1.82, 2.24) is 21.0 Å². The van der Waals surface area contributed by atoms with Gasteiger partial charge in [0.1, 0.15) is 15.4 Å². The minimum Gasteiger partial charge on any atom is -0.747 e. The van der Waals surface area contributed by atoms with Crippen LogP contribution in [0, 0.1) is 0 Å². The molecule has 0 aromatic heterocycles. The van der Waals surface area contributed by atoms with Crippen molar-refractivity contribution in [2.24, 2.45) is 0 Å². The molecular formula is C20H29N4NaO9S2. The summed E-state index contributed by atoms with van der Waals surface area (Å²) >= 11 is 1.85. The molecule has 0 aliphatic carbocycles. The van der Waals surface area contributed by atoms with Crippen LogP contribution in [0.4, 0.5) is 4.79 Å². The predicted octanol–water partition coefficient (Wildman–Crippen LogP) is -3.48. The standard InChI is InChI=1S/C20H30N4O9S2.Na/c25-15(7-4-3-6-13-18-12(11-34-13)22-20(29)23-18)21-9-5-1-2-8-17(27)33-24-16(26)10-14(19(24)28)35(30,31)32;/h12-14,18H,1-11H2,(H,21,25)(H2,22,23,29)(H,30,31,32);/q;+1/p-1/t12-,13-,14?,18-;/m0./s1. The predicted molar refractivity (Wildman–Crippen MR) is 121 cm³/mol. The third kappa shape index (κ3) is 8.58. The number of carbonyl (C=O) groups excluding carboxylic acids is 5. The third-order valence-corrected chi connectivity index (χ3v) is 8.64. The van der Waals surface area contributed by atoms with E-state index >= 15 is 0 Å². The second-order valence-corrected chi connectivity index (χ2v) is 11.5. The van der Waals surface area contributed by atoms with Gasteiger partial charge in [-0.25, -0.2) is 18.0 Å². The Hall–Kier alpha value is -1.39. The molecule has 13 nitrogen and oxygen atoms in total. The molecule has 3 aliphatic rings. The molecule has 0 radical (unpaired) electrons. The Morgan fingerprint density at radius 2 is 1.81 bits per heavy atom. The van der Waals surface area contributed by atoms with Crippen LogP contribution in [0.1, 0.15) is 57.8 Å². The molecule has 3 heterocycles. The van der Waals surface area contributed by atoms with E-state index in [1.165, 1.54) is 0 Å². The molecule has 5 amide bonds. The molecule has 36 heavy (non-hydrogen) atoms. The molecule has 4 atom stereocenters. The number of urea groups is 1. The van der Waals surface area contributed by atoms with Crippen molar-refractivity contribution >= 4 is 51.6 Å². The van der Waals surface area contributed by atoms with Gasteiger partial charge < -0.3 is 25.3 Å². The third-order valence-electron chi connectivity index (χ3n) is 6.06. The summed E-state index contributed by atoms with van der Waals surface area (Å²) in [6.07, 6.45) is 3.64. The van der Waals surface area contributed by atoms with Crippen LogP contribution in [0.15, 0.2) is 0 Å². The van der Waals surface area contributed by atoms with E-state index in [1.807, 2.05) is 11.8 Å². The number of nitrogens with one attached hydrogen (secondary N) is 3. The van der Waals surface area contributed by atoms with E-state index in [0.717, 1.165) is 25.0 Å². The topological polar surface area (TPSA) is 191 Å². The monoisotopic (exact) mass is 556 g/mol. The first kappa shape index (κ1) is 30.8. The van der Waals surface area contributed by atoms with Crippen molar-refractivity contribution < 1.29 is 71.3 Å². The molecular weight excluding hydrogens is 527 g/mol. The number of hydrogen-bond donors (Lipinski definition) is 3. The van der Waals surface area contributed by atoms with Crippen LogP contribution in [0.3, 0.4) is 0 Å². The average Bonchev–Trinajstić information content (AvgIpc) is 3.41. The van der Waals surface area contributed by atoms with Gasteiger partial charge in [0.2, 0.25) is 5.91 Å². The number of carbonyl (C=O) groups is 5. The van der Waals surface area contributed by atoms with Crippen LogP contribution in [-0.2, 0) is 34.1 Å². The number of rotatable bonds is 13. The molecule has 3 N–H and O–H groups in total. The quantitative estimate of drug-likeness (QED) is 0.0675. The van der Waals surface area contributed by atoms with Crippen molar-refractivity contribution in [3.8, 4) is 0 Å². The van der Waals surface area contributed by atoms with Gasteiger partial charge in [0, 0.05) is 30.4 Å². The maximum Gasteiger partial charge on any atom is 1.00 e. The Bertz CT molecular complexity index is 965. The van der Waals surface area contributed by atoms with Gasteiger partial charge >= 0.3 is 41.6 Å². The van der Waals surface area contributed by atoms with Crippen molar-refractivity contribution in [3.05, 3.63) is 0 Å². The van der Waals surface area contributed by atoms with Gasteiger partial charge in [0.25, 0.3) is 11.8 Å². The van der Waals surface area contributed by atoms with Crippen molar-refractivity contribution in [1.29, 1.82) is 0 Å². The molecule has 0 aromatic carbocycles. The summed E-state index contributed by atoms with van der Waals surface area (Å²) in [5, 5.41) is 7.03. The van der Waals surface area contributed by atoms with Gasteiger partial charge in [-0.15, -0.1) is 5.06 Å². The van der Waals surface area contributed by atoms with Crippen LogP contribution in [0.25, 0.3) is 0 Å². The molecule has 3 aliphatic heterocycles. The van der Waals surface area contributed by atoms with Crippen molar-refractivity contribution in [2.75, 3.05) is 12.3 Å². The fraction of sp³-hybridized carbons (Fsp3) is 0.750. The average molecular weight is 557 g/mol. The summed E-state index contributed by atoms with van der Waals surface area (Å²) < 4.78 is 32.9. The molecule has 196 valence electrons.